The van der Waals surface area contributed by atoms with Crippen LogP contribution in [-0.2, 0) is 17.9 Å². The number of carboxylic acids is 1. The van der Waals surface area contributed by atoms with E-state index in [1.807, 2.05) is 42.5 Å². The van der Waals surface area contributed by atoms with E-state index >= 15 is 0 Å². The van der Waals surface area contributed by atoms with Crippen LogP contribution in [0.25, 0.3) is 5.57 Å². The first kappa shape index (κ1) is 27.6. The summed E-state index contributed by atoms with van der Waals surface area (Å²) in [5.41, 5.74) is 5.40. The Morgan fingerprint density at radius 2 is 1.56 bits per heavy atom. The fourth-order valence-corrected chi connectivity index (χ4v) is 4.43. The van der Waals surface area contributed by atoms with Crippen molar-refractivity contribution in [3.8, 4) is 0 Å². The summed E-state index contributed by atoms with van der Waals surface area (Å²) in [5, 5.41) is 23.5. The maximum absolute atomic E-state index is 13.4. The van der Waals surface area contributed by atoms with Gasteiger partial charge in [-0.2, -0.15) is 0 Å². The van der Waals surface area contributed by atoms with Gasteiger partial charge in [-0.05, 0) is 72.2 Å². The Labute approximate surface area is 228 Å². The first-order valence-corrected chi connectivity index (χ1v) is 13.1. The molecule has 0 radical (unpaired) electrons. The lowest BCUT2D eigenvalue weighted by Gasteiger charge is -2.24. The highest BCUT2D eigenvalue weighted by Gasteiger charge is 2.18. The minimum atomic E-state index is -1.67. The van der Waals surface area contributed by atoms with Crippen molar-refractivity contribution in [1.29, 1.82) is 0 Å². The summed E-state index contributed by atoms with van der Waals surface area (Å²) < 4.78 is 0. The number of hydrogen-bond donors (Lipinski definition) is 4. The van der Waals surface area contributed by atoms with Crippen molar-refractivity contribution in [2.75, 3.05) is 11.4 Å². The molecule has 0 aromatic heterocycles. The number of nitrogens with one attached hydrogen (secondary N) is 2. The van der Waals surface area contributed by atoms with Crippen LogP contribution < -0.4 is 15.5 Å². The zero-order valence-corrected chi connectivity index (χ0v) is 21.7. The molecule has 1 aliphatic carbocycles. The predicted molar refractivity (Wildman–Crippen MR) is 150 cm³/mol. The molecule has 4 rings (SSSR count). The van der Waals surface area contributed by atoms with Crippen LogP contribution in [0.15, 0.2) is 84.9 Å². The van der Waals surface area contributed by atoms with Gasteiger partial charge in [0.2, 0.25) is 0 Å². The SMILES string of the molecule is O=C(NCC(O)C(=O)O)c1ccc(CN(C(=O)NCc2ccccc2)c2ccc(C3=CCCCC3)cc2)cc1. The maximum atomic E-state index is 13.4. The molecule has 0 spiro atoms. The lowest BCUT2D eigenvalue weighted by molar-refractivity contribution is -0.146. The van der Waals surface area contributed by atoms with E-state index in [4.69, 9.17) is 5.11 Å². The number of carbonyl (C=O) groups is 3. The van der Waals surface area contributed by atoms with E-state index in [1.165, 1.54) is 24.0 Å². The lowest BCUT2D eigenvalue weighted by Crippen LogP contribution is -2.39. The average molecular weight is 528 g/mol. The van der Waals surface area contributed by atoms with Gasteiger partial charge in [0.1, 0.15) is 0 Å². The third-order valence-electron chi connectivity index (χ3n) is 6.67. The second-order valence-electron chi connectivity index (χ2n) is 9.51. The molecule has 3 amide bonds. The molecule has 1 unspecified atom stereocenters. The Morgan fingerprint density at radius 1 is 0.846 bits per heavy atom. The number of nitrogens with zero attached hydrogens (tertiary/aromatic N) is 1. The molecule has 39 heavy (non-hydrogen) atoms. The van der Waals surface area contributed by atoms with Gasteiger partial charge in [-0.1, -0.05) is 60.7 Å². The molecule has 202 valence electrons. The molecule has 0 fully saturated rings. The molecule has 1 atom stereocenters. The van der Waals surface area contributed by atoms with Crippen LogP contribution in [0, 0.1) is 0 Å². The highest BCUT2D eigenvalue weighted by atomic mass is 16.4. The molecule has 3 aromatic rings. The monoisotopic (exact) mass is 527 g/mol. The van der Waals surface area contributed by atoms with E-state index < -0.39 is 24.5 Å². The molecule has 3 aromatic carbocycles. The number of aliphatic hydroxyl groups is 1. The first-order valence-electron chi connectivity index (χ1n) is 13.1. The van der Waals surface area contributed by atoms with E-state index in [0.29, 0.717) is 12.1 Å². The Kier molecular flexibility index (Phi) is 9.48. The van der Waals surface area contributed by atoms with Gasteiger partial charge in [-0.25, -0.2) is 9.59 Å². The largest absolute Gasteiger partial charge is 0.479 e. The number of allylic oxidation sites excluding steroid dienone is 2. The van der Waals surface area contributed by atoms with Crippen LogP contribution in [0.2, 0.25) is 0 Å². The fraction of sp³-hybridized carbons (Fsp3) is 0.258. The summed E-state index contributed by atoms with van der Waals surface area (Å²) in [6.45, 7) is 0.281. The molecular formula is C31H33N3O5. The fourth-order valence-electron chi connectivity index (χ4n) is 4.43. The summed E-state index contributed by atoms with van der Waals surface area (Å²) in [4.78, 5) is 38.1. The Balaban J connectivity index is 1.48. The topological polar surface area (TPSA) is 119 Å². The minimum absolute atomic E-state index is 0.243. The summed E-state index contributed by atoms with van der Waals surface area (Å²) in [6, 6.07) is 24.2. The Bertz CT molecular complexity index is 1300. The number of aliphatic carboxylic acids is 1. The third kappa shape index (κ3) is 7.78. The Hall–Kier alpha value is -4.43. The second-order valence-corrected chi connectivity index (χ2v) is 9.51. The number of benzene rings is 3. The number of urea groups is 1. The van der Waals surface area contributed by atoms with Crippen LogP contribution in [0.4, 0.5) is 10.5 Å². The zero-order valence-electron chi connectivity index (χ0n) is 21.7. The maximum Gasteiger partial charge on any atom is 0.334 e. The van der Waals surface area contributed by atoms with Crippen molar-refractivity contribution in [3.63, 3.8) is 0 Å². The van der Waals surface area contributed by atoms with Crippen LogP contribution in [0.1, 0.15) is 52.7 Å². The number of amides is 3. The van der Waals surface area contributed by atoms with Gasteiger partial charge < -0.3 is 20.8 Å². The van der Waals surface area contributed by atoms with Gasteiger partial charge in [0.05, 0.1) is 13.1 Å². The lowest BCUT2D eigenvalue weighted by atomic mass is 9.93. The van der Waals surface area contributed by atoms with Crippen molar-refractivity contribution in [2.45, 2.75) is 44.9 Å². The molecule has 1 aliphatic rings. The van der Waals surface area contributed by atoms with Gasteiger partial charge in [0.25, 0.3) is 5.91 Å². The van der Waals surface area contributed by atoms with Gasteiger partial charge >= 0.3 is 12.0 Å². The molecule has 8 heteroatoms. The number of hydrogen-bond acceptors (Lipinski definition) is 4. The normalized spacial score (nSPS) is 13.6. The molecule has 4 N–H and O–H groups in total. The second kappa shape index (κ2) is 13.4. The summed E-state index contributed by atoms with van der Waals surface area (Å²) >= 11 is 0. The molecular weight excluding hydrogens is 494 g/mol. The molecule has 0 saturated carbocycles. The summed E-state index contributed by atoms with van der Waals surface area (Å²) in [6.07, 6.45) is 5.20. The van der Waals surface area contributed by atoms with Crippen LogP contribution in [0.5, 0.6) is 0 Å². The van der Waals surface area contributed by atoms with Crippen LogP contribution in [0.3, 0.4) is 0 Å². The van der Waals surface area contributed by atoms with E-state index in [9.17, 15) is 19.5 Å². The summed E-state index contributed by atoms with van der Waals surface area (Å²) in [5.74, 6) is -1.90. The smallest absolute Gasteiger partial charge is 0.334 e. The molecule has 0 aliphatic heterocycles. The number of carbonyl (C=O) groups excluding carboxylic acids is 2. The minimum Gasteiger partial charge on any atom is -0.479 e. The standard InChI is InChI=1S/C31H33N3O5/c35-28(30(37)38)20-32-29(36)26-13-11-23(12-14-26)21-34(31(39)33-19-22-7-3-1-4-8-22)27-17-15-25(16-18-27)24-9-5-2-6-10-24/h1,3-4,7-9,11-18,28,35H,2,5-6,10,19-21H2,(H,32,36)(H,33,39)(H,37,38). The summed E-state index contributed by atoms with van der Waals surface area (Å²) in [7, 11) is 0. The Morgan fingerprint density at radius 3 is 2.21 bits per heavy atom. The van der Waals surface area contributed by atoms with Crippen LogP contribution >= 0.6 is 0 Å². The predicted octanol–water partition coefficient (Wildman–Crippen LogP) is 4.74. The number of aliphatic hydroxyl groups excluding tert-OH is 1. The number of carboxylic acid groups (broad SMARTS) is 1. The third-order valence-corrected chi connectivity index (χ3v) is 6.67. The van der Waals surface area contributed by atoms with Crippen molar-refractivity contribution in [2.24, 2.45) is 0 Å². The first-order chi connectivity index (χ1) is 18.9. The number of rotatable bonds is 10. The number of anilines is 1. The van der Waals surface area contributed by atoms with E-state index in [1.54, 1.807) is 29.2 Å². The van der Waals surface area contributed by atoms with Crippen LogP contribution in [-0.4, -0.2) is 40.8 Å². The average Bonchev–Trinajstić information content (AvgIpc) is 2.98. The van der Waals surface area contributed by atoms with E-state index in [0.717, 1.165) is 29.7 Å². The molecule has 0 saturated heterocycles. The van der Waals surface area contributed by atoms with Gasteiger partial charge in [-0.3, -0.25) is 9.69 Å². The quantitative estimate of drug-likeness (QED) is 0.304. The van der Waals surface area contributed by atoms with Crippen molar-refractivity contribution < 1.29 is 24.6 Å². The molecule has 0 bridgehead atoms. The van der Waals surface area contributed by atoms with Gasteiger partial charge in [-0.15, -0.1) is 0 Å². The van der Waals surface area contributed by atoms with E-state index in [2.05, 4.69) is 28.8 Å². The van der Waals surface area contributed by atoms with Crippen molar-refractivity contribution in [3.05, 3.63) is 107 Å². The van der Waals surface area contributed by atoms with E-state index in [-0.39, 0.29) is 12.6 Å². The van der Waals surface area contributed by atoms with Gasteiger partial charge in [0, 0.05) is 17.8 Å². The molecule has 8 nitrogen and oxygen atoms in total. The zero-order chi connectivity index (χ0) is 27.6. The highest BCUT2D eigenvalue weighted by Crippen LogP contribution is 2.28. The van der Waals surface area contributed by atoms with Gasteiger partial charge in [0.15, 0.2) is 6.10 Å². The highest BCUT2D eigenvalue weighted by molar-refractivity contribution is 5.95. The van der Waals surface area contributed by atoms with Crippen molar-refractivity contribution in [1.82, 2.24) is 10.6 Å². The van der Waals surface area contributed by atoms with Crippen molar-refractivity contribution >= 4 is 29.2 Å². The molecule has 0 heterocycles.